The van der Waals surface area contributed by atoms with E-state index in [0.29, 0.717) is 0 Å². The normalized spacial score (nSPS) is 13.1. The zero-order valence-electron chi connectivity index (χ0n) is 15.9. The molecule has 0 fully saturated rings. The second kappa shape index (κ2) is 8.04. The van der Waals surface area contributed by atoms with Crippen LogP contribution in [-0.2, 0) is 22.8 Å². The van der Waals surface area contributed by atoms with Crippen molar-refractivity contribution in [3.05, 3.63) is 70.8 Å². The molecule has 0 aliphatic heterocycles. The molecule has 150 valence electrons. The lowest BCUT2D eigenvalue weighted by Crippen LogP contribution is -2.45. The predicted molar refractivity (Wildman–Crippen MR) is 101 cm³/mol. The van der Waals surface area contributed by atoms with E-state index in [2.05, 4.69) is 26.1 Å². The Morgan fingerprint density at radius 2 is 1.43 bits per heavy atom. The van der Waals surface area contributed by atoms with Crippen LogP contribution in [0, 0.1) is 0 Å². The standard InChI is InChI=1S/C21H23F3N2O2/c1-20(2,3)15-8-4-13(5-9-15)12-17(18(25)27)26-19(28)14-6-10-16(11-7-14)21(22,23)24/h4-11,17H,12H2,1-3H3,(H2,25,27)(H,26,28)/t17-/m1/s1. The molecule has 2 rings (SSSR count). The summed E-state index contributed by atoms with van der Waals surface area (Å²) in [6, 6.07) is 10.4. The van der Waals surface area contributed by atoms with E-state index in [9.17, 15) is 22.8 Å². The Hall–Kier alpha value is -2.83. The van der Waals surface area contributed by atoms with Crippen LogP contribution in [0.25, 0.3) is 0 Å². The molecular weight excluding hydrogens is 369 g/mol. The summed E-state index contributed by atoms with van der Waals surface area (Å²) in [4.78, 5) is 24.0. The third-order valence-electron chi connectivity index (χ3n) is 4.38. The smallest absolute Gasteiger partial charge is 0.368 e. The molecule has 2 amide bonds. The van der Waals surface area contributed by atoms with Gasteiger partial charge in [0.05, 0.1) is 5.56 Å². The first-order valence-electron chi connectivity index (χ1n) is 8.75. The zero-order valence-corrected chi connectivity index (χ0v) is 15.9. The van der Waals surface area contributed by atoms with Crippen LogP contribution in [-0.4, -0.2) is 17.9 Å². The molecular formula is C21H23F3N2O2. The molecule has 2 aromatic rings. The molecule has 0 saturated carbocycles. The average Bonchev–Trinajstić information content (AvgIpc) is 2.60. The third-order valence-corrected chi connectivity index (χ3v) is 4.38. The van der Waals surface area contributed by atoms with Crippen molar-refractivity contribution in [3.63, 3.8) is 0 Å². The zero-order chi connectivity index (χ0) is 21.1. The van der Waals surface area contributed by atoms with E-state index < -0.39 is 29.6 Å². The van der Waals surface area contributed by atoms with E-state index in [4.69, 9.17) is 5.73 Å². The molecule has 0 saturated heterocycles. The molecule has 1 atom stereocenters. The Labute approximate surface area is 161 Å². The number of hydrogen-bond donors (Lipinski definition) is 2. The molecule has 28 heavy (non-hydrogen) atoms. The van der Waals surface area contributed by atoms with Gasteiger partial charge in [0, 0.05) is 12.0 Å². The summed E-state index contributed by atoms with van der Waals surface area (Å²) in [5, 5.41) is 2.49. The van der Waals surface area contributed by atoms with Gasteiger partial charge in [-0.2, -0.15) is 13.2 Å². The highest BCUT2D eigenvalue weighted by Gasteiger charge is 2.30. The van der Waals surface area contributed by atoms with Crippen molar-refractivity contribution in [2.75, 3.05) is 0 Å². The summed E-state index contributed by atoms with van der Waals surface area (Å²) < 4.78 is 37.9. The van der Waals surface area contributed by atoms with E-state index in [1.807, 2.05) is 24.3 Å². The quantitative estimate of drug-likeness (QED) is 0.812. The first kappa shape index (κ1) is 21.5. The molecule has 2 aromatic carbocycles. The number of amides is 2. The lowest BCUT2D eigenvalue weighted by atomic mass is 9.86. The van der Waals surface area contributed by atoms with Crippen LogP contribution in [0.3, 0.4) is 0 Å². The second-order valence-electron chi connectivity index (χ2n) is 7.65. The lowest BCUT2D eigenvalue weighted by Gasteiger charge is -2.20. The number of primary amides is 1. The first-order valence-corrected chi connectivity index (χ1v) is 8.75. The van der Waals surface area contributed by atoms with Gasteiger partial charge in [0.25, 0.3) is 5.91 Å². The van der Waals surface area contributed by atoms with Crippen molar-refractivity contribution in [1.29, 1.82) is 0 Å². The number of halogens is 3. The van der Waals surface area contributed by atoms with Gasteiger partial charge in [0.1, 0.15) is 6.04 Å². The van der Waals surface area contributed by atoms with E-state index in [-0.39, 0.29) is 17.4 Å². The van der Waals surface area contributed by atoms with Crippen LogP contribution in [0.4, 0.5) is 13.2 Å². The number of carbonyl (C=O) groups excluding carboxylic acids is 2. The SMILES string of the molecule is CC(C)(C)c1ccc(C[C@@H](NC(=O)c2ccc(C(F)(F)F)cc2)C(N)=O)cc1. The Morgan fingerprint density at radius 3 is 1.86 bits per heavy atom. The van der Waals surface area contributed by atoms with Crippen molar-refractivity contribution >= 4 is 11.8 Å². The van der Waals surface area contributed by atoms with Crippen LogP contribution in [0.15, 0.2) is 48.5 Å². The van der Waals surface area contributed by atoms with Crippen molar-refractivity contribution < 1.29 is 22.8 Å². The first-order chi connectivity index (χ1) is 12.9. The molecule has 4 nitrogen and oxygen atoms in total. The Bertz CT molecular complexity index is 836. The molecule has 0 aliphatic carbocycles. The molecule has 3 N–H and O–H groups in total. The Balaban J connectivity index is 2.10. The molecule has 0 radical (unpaired) electrons. The fourth-order valence-electron chi connectivity index (χ4n) is 2.65. The van der Waals surface area contributed by atoms with Gasteiger partial charge in [-0.1, -0.05) is 45.0 Å². The van der Waals surface area contributed by atoms with Gasteiger partial charge in [0.2, 0.25) is 5.91 Å². The molecule has 0 unspecified atom stereocenters. The summed E-state index contributed by atoms with van der Waals surface area (Å²) in [7, 11) is 0. The highest BCUT2D eigenvalue weighted by Crippen LogP contribution is 2.29. The molecule has 0 aliphatic rings. The van der Waals surface area contributed by atoms with Crippen LogP contribution >= 0.6 is 0 Å². The monoisotopic (exact) mass is 392 g/mol. The van der Waals surface area contributed by atoms with Crippen LogP contribution < -0.4 is 11.1 Å². The molecule has 7 heteroatoms. The predicted octanol–water partition coefficient (Wildman–Crippen LogP) is 3.83. The van der Waals surface area contributed by atoms with E-state index >= 15 is 0 Å². The largest absolute Gasteiger partial charge is 0.416 e. The van der Waals surface area contributed by atoms with Crippen LogP contribution in [0.2, 0.25) is 0 Å². The maximum atomic E-state index is 12.6. The highest BCUT2D eigenvalue weighted by atomic mass is 19.4. The van der Waals surface area contributed by atoms with E-state index in [1.165, 1.54) is 0 Å². The number of carbonyl (C=O) groups is 2. The maximum absolute atomic E-state index is 12.6. The third kappa shape index (κ3) is 5.58. The Kier molecular flexibility index (Phi) is 6.17. The van der Waals surface area contributed by atoms with Gasteiger partial charge < -0.3 is 11.1 Å². The maximum Gasteiger partial charge on any atom is 0.416 e. The van der Waals surface area contributed by atoms with E-state index in [0.717, 1.165) is 35.4 Å². The van der Waals surface area contributed by atoms with Gasteiger partial charge in [-0.3, -0.25) is 9.59 Å². The topological polar surface area (TPSA) is 72.2 Å². The van der Waals surface area contributed by atoms with Gasteiger partial charge in [-0.05, 0) is 40.8 Å². The van der Waals surface area contributed by atoms with Gasteiger partial charge in [0.15, 0.2) is 0 Å². The fourth-order valence-corrected chi connectivity index (χ4v) is 2.65. The van der Waals surface area contributed by atoms with Crippen molar-refractivity contribution in [2.24, 2.45) is 5.73 Å². The summed E-state index contributed by atoms with van der Waals surface area (Å²) in [6.45, 7) is 6.25. The molecule has 0 heterocycles. The van der Waals surface area contributed by atoms with Crippen LogP contribution in [0.1, 0.15) is 47.8 Å². The van der Waals surface area contributed by atoms with Crippen molar-refractivity contribution in [1.82, 2.24) is 5.32 Å². The van der Waals surface area contributed by atoms with Crippen molar-refractivity contribution in [3.8, 4) is 0 Å². The number of rotatable bonds is 5. The van der Waals surface area contributed by atoms with E-state index in [1.54, 1.807) is 0 Å². The summed E-state index contributed by atoms with van der Waals surface area (Å²) in [6.07, 6.45) is -4.30. The van der Waals surface area contributed by atoms with Gasteiger partial charge in [-0.25, -0.2) is 0 Å². The summed E-state index contributed by atoms with van der Waals surface area (Å²) in [5.41, 5.74) is 6.47. The summed E-state index contributed by atoms with van der Waals surface area (Å²) in [5.74, 6) is -1.39. The number of hydrogen-bond acceptors (Lipinski definition) is 2. The molecule has 0 bridgehead atoms. The average molecular weight is 392 g/mol. The highest BCUT2D eigenvalue weighted by molar-refractivity contribution is 5.97. The number of nitrogens with one attached hydrogen (secondary N) is 1. The number of alkyl halides is 3. The minimum atomic E-state index is -4.48. The minimum absolute atomic E-state index is 0.0155. The van der Waals surface area contributed by atoms with Gasteiger partial charge >= 0.3 is 6.18 Å². The van der Waals surface area contributed by atoms with Crippen molar-refractivity contribution in [2.45, 2.75) is 44.8 Å². The molecule has 0 aromatic heterocycles. The second-order valence-corrected chi connectivity index (χ2v) is 7.65. The molecule has 0 spiro atoms. The lowest BCUT2D eigenvalue weighted by molar-refractivity contribution is -0.137. The fraction of sp³-hybridized carbons (Fsp3) is 0.333. The minimum Gasteiger partial charge on any atom is -0.368 e. The number of nitrogens with two attached hydrogens (primary N) is 1. The van der Waals surface area contributed by atoms with Gasteiger partial charge in [-0.15, -0.1) is 0 Å². The Morgan fingerprint density at radius 1 is 0.929 bits per heavy atom. The van der Waals surface area contributed by atoms with Crippen LogP contribution in [0.5, 0.6) is 0 Å². The summed E-state index contributed by atoms with van der Waals surface area (Å²) >= 11 is 0. The number of benzene rings is 2.